The first kappa shape index (κ1) is 18.6. The molecule has 0 saturated heterocycles. The normalized spacial score (nSPS) is 15.6. The molecule has 1 unspecified atom stereocenters. The highest BCUT2D eigenvalue weighted by molar-refractivity contribution is 5.95. The maximum Gasteiger partial charge on any atom is 0.336 e. The third-order valence-corrected chi connectivity index (χ3v) is 5.62. The third kappa shape index (κ3) is 3.48. The van der Waals surface area contributed by atoms with Crippen molar-refractivity contribution in [2.45, 2.75) is 13.0 Å². The molecule has 0 amide bonds. The molecule has 5 rings (SSSR count). The summed E-state index contributed by atoms with van der Waals surface area (Å²) in [4.78, 5) is 13.5. The Morgan fingerprint density at radius 2 is 1.77 bits per heavy atom. The second-order valence-electron chi connectivity index (χ2n) is 7.57. The molecular formula is C25H21FNO3+. The van der Waals surface area contributed by atoms with E-state index in [1.54, 1.807) is 6.07 Å². The maximum atomic E-state index is 14.0. The molecule has 0 spiro atoms. The summed E-state index contributed by atoms with van der Waals surface area (Å²) in [6, 6.07) is 22.1. The Kier molecular flexibility index (Phi) is 4.81. The average molecular weight is 402 g/mol. The highest BCUT2D eigenvalue weighted by Gasteiger charge is 2.25. The Labute approximate surface area is 173 Å². The lowest BCUT2D eigenvalue weighted by Crippen LogP contribution is -3.12. The average Bonchev–Trinajstić information content (AvgIpc) is 2.78. The van der Waals surface area contributed by atoms with Gasteiger partial charge in [-0.25, -0.2) is 9.18 Å². The fraction of sp³-hybridized carbons (Fsp3) is 0.160. The molecule has 0 radical (unpaired) electrons. The molecule has 3 aromatic carbocycles. The van der Waals surface area contributed by atoms with Crippen LogP contribution in [-0.2, 0) is 13.0 Å². The number of ether oxygens (including phenoxy) is 1. The third-order valence-electron chi connectivity index (χ3n) is 5.62. The lowest BCUT2D eigenvalue weighted by Gasteiger charge is -2.26. The first-order chi connectivity index (χ1) is 14.7. The zero-order valence-electron chi connectivity index (χ0n) is 16.4. The van der Waals surface area contributed by atoms with Gasteiger partial charge < -0.3 is 9.15 Å². The van der Waals surface area contributed by atoms with E-state index in [1.165, 1.54) is 12.1 Å². The first-order valence-corrected chi connectivity index (χ1v) is 10.0. The van der Waals surface area contributed by atoms with E-state index in [9.17, 15) is 9.18 Å². The Morgan fingerprint density at radius 3 is 2.60 bits per heavy atom. The van der Waals surface area contributed by atoms with Gasteiger partial charge in [-0.2, -0.15) is 0 Å². The molecule has 5 heteroatoms. The number of nitrogens with one attached hydrogen (secondary N) is 1. The van der Waals surface area contributed by atoms with Crippen LogP contribution in [0.2, 0.25) is 0 Å². The Hall–Kier alpha value is -3.44. The van der Waals surface area contributed by atoms with Gasteiger partial charge in [-0.15, -0.1) is 0 Å². The number of hydrogen-bond donors (Lipinski definition) is 1. The summed E-state index contributed by atoms with van der Waals surface area (Å²) in [6.45, 7) is 1.87. The van der Waals surface area contributed by atoms with Crippen molar-refractivity contribution in [2.75, 3.05) is 13.3 Å². The fourth-order valence-electron chi connectivity index (χ4n) is 4.08. The second-order valence-corrected chi connectivity index (χ2v) is 7.57. The second kappa shape index (κ2) is 7.76. The summed E-state index contributed by atoms with van der Waals surface area (Å²) in [7, 11) is 0. The van der Waals surface area contributed by atoms with E-state index >= 15 is 0 Å². The number of hydrogen-bond acceptors (Lipinski definition) is 3. The van der Waals surface area contributed by atoms with Gasteiger partial charge in [0.25, 0.3) is 0 Å². The standard InChI is InChI=1S/C25H20FNO3/c26-22-9-5-4-8-18(22)12-13-27-15-21-23(29-16-27)11-10-19-20(14-24(28)30-25(19)21)17-6-2-1-3-7-17/h1-11,14H,12-13,15-16H2/p+1. The highest BCUT2D eigenvalue weighted by Crippen LogP contribution is 2.33. The summed E-state index contributed by atoms with van der Waals surface area (Å²) in [5.74, 6) is 0.560. The molecule has 0 aliphatic carbocycles. The zero-order valence-corrected chi connectivity index (χ0v) is 16.4. The van der Waals surface area contributed by atoms with Crippen LogP contribution in [0.3, 0.4) is 0 Å². The molecule has 1 N–H and O–H groups in total. The summed E-state index contributed by atoms with van der Waals surface area (Å²) in [5.41, 5.74) is 3.60. The molecule has 4 aromatic rings. The lowest BCUT2D eigenvalue weighted by atomic mass is 9.99. The molecule has 150 valence electrons. The van der Waals surface area contributed by atoms with E-state index in [-0.39, 0.29) is 11.4 Å². The number of benzene rings is 3. The molecule has 1 aromatic heterocycles. The SMILES string of the molecule is O=c1cc(-c2ccccc2)c2ccc3c(c2o1)C[NH+](CCc1ccccc1F)CO3. The number of quaternary nitrogens is 1. The van der Waals surface area contributed by atoms with E-state index < -0.39 is 0 Å². The van der Waals surface area contributed by atoms with Gasteiger partial charge in [0.15, 0.2) is 5.58 Å². The van der Waals surface area contributed by atoms with E-state index in [2.05, 4.69) is 0 Å². The van der Waals surface area contributed by atoms with Crippen molar-refractivity contribution in [1.29, 1.82) is 0 Å². The topological polar surface area (TPSA) is 43.9 Å². The summed E-state index contributed by atoms with van der Waals surface area (Å²) >= 11 is 0. The number of halogens is 1. The van der Waals surface area contributed by atoms with Gasteiger partial charge in [-0.1, -0.05) is 48.5 Å². The zero-order chi connectivity index (χ0) is 20.5. The molecule has 1 aliphatic heterocycles. The van der Waals surface area contributed by atoms with Crippen molar-refractivity contribution in [1.82, 2.24) is 0 Å². The first-order valence-electron chi connectivity index (χ1n) is 10.0. The van der Waals surface area contributed by atoms with Crippen LogP contribution < -0.4 is 15.3 Å². The van der Waals surface area contributed by atoms with Gasteiger partial charge in [0.05, 0.1) is 12.1 Å². The van der Waals surface area contributed by atoms with E-state index in [4.69, 9.17) is 9.15 Å². The minimum absolute atomic E-state index is 0.181. The van der Waals surface area contributed by atoms with Crippen LogP contribution in [0.15, 0.2) is 82.0 Å². The largest absolute Gasteiger partial charge is 0.445 e. The van der Waals surface area contributed by atoms with Crippen molar-refractivity contribution in [3.63, 3.8) is 0 Å². The molecular weight excluding hydrogens is 381 g/mol. The van der Waals surface area contributed by atoms with Crippen LogP contribution in [-0.4, -0.2) is 13.3 Å². The minimum atomic E-state index is -0.381. The summed E-state index contributed by atoms with van der Waals surface area (Å²) in [6.07, 6.45) is 0.616. The van der Waals surface area contributed by atoms with Crippen LogP contribution in [0.1, 0.15) is 11.1 Å². The summed E-state index contributed by atoms with van der Waals surface area (Å²) in [5, 5.41) is 0.888. The van der Waals surface area contributed by atoms with Crippen molar-refractivity contribution in [3.05, 3.63) is 100 Å². The van der Waals surface area contributed by atoms with Crippen LogP contribution in [0.4, 0.5) is 4.39 Å². The van der Waals surface area contributed by atoms with Gasteiger partial charge in [0.2, 0.25) is 6.73 Å². The van der Waals surface area contributed by atoms with Gasteiger partial charge in [-0.3, -0.25) is 4.90 Å². The van der Waals surface area contributed by atoms with E-state index in [0.29, 0.717) is 30.8 Å². The van der Waals surface area contributed by atoms with Crippen molar-refractivity contribution < 1.29 is 18.4 Å². The molecule has 30 heavy (non-hydrogen) atoms. The van der Waals surface area contributed by atoms with Gasteiger partial charge >= 0.3 is 5.63 Å². The number of rotatable bonds is 4. The van der Waals surface area contributed by atoms with Crippen LogP contribution in [0, 0.1) is 5.82 Å². The Bertz CT molecular complexity index is 1270. The minimum Gasteiger partial charge on any atom is -0.445 e. The predicted molar refractivity (Wildman–Crippen MR) is 113 cm³/mol. The molecule has 0 bridgehead atoms. The van der Waals surface area contributed by atoms with Gasteiger partial charge in [0.1, 0.15) is 18.1 Å². The van der Waals surface area contributed by atoms with Crippen molar-refractivity contribution in [3.8, 4) is 16.9 Å². The van der Waals surface area contributed by atoms with Crippen LogP contribution in [0.25, 0.3) is 22.1 Å². The molecule has 1 aliphatic rings. The monoisotopic (exact) mass is 402 g/mol. The van der Waals surface area contributed by atoms with Crippen LogP contribution in [0.5, 0.6) is 5.75 Å². The van der Waals surface area contributed by atoms with Crippen molar-refractivity contribution >= 4 is 11.0 Å². The predicted octanol–water partition coefficient (Wildman–Crippen LogP) is 3.58. The maximum absolute atomic E-state index is 14.0. The van der Waals surface area contributed by atoms with E-state index in [0.717, 1.165) is 39.3 Å². The van der Waals surface area contributed by atoms with E-state index in [1.807, 2.05) is 54.6 Å². The number of fused-ring (bicyclic) bond motifs is 3. The molecule has 4 nitrogen and oxygen atoms in total. The molecule has 0 saturated carbocycles. The van der Waals surface area contributed by atoms with Crippen molar-refractivity contribution in [2.24, 2.45) is 0 Å². The molecule has 1 atom stereocenters. The van der Waals surface area contributed by atoms with Gasteiger partial charge in [-0.05, 0) is 34.9 Å². The lowest BCUT2D eigenvalue weighted by molar-refractivity contribution is -0.932. The Balaban J connectivity index is 1.49. The smallest absolute Gasteiger partial charge is 0.336 e. The summed E-state index contributed by atoms with van der Waals surface area (Å²) < 4.78 is 25.5. The van der Waals surface area contributed by atoms with Gasteiger partial charge in [0, 0.05) is 17.9 Å². The molecule has 0 fully saturated rings. The van der Waals surface area contributed by atoms with Crippen LogP contribution >= 0.6 is 0 Å². The quantitative estimate of drug-likeness (QED) is 0.531. The molecule has 2 heterocycles. The fourth-order valence-corrected chi connectivity index (χ4v) is 4.08. The highest BCUT2D eigenvalue weighted by atomic mass is 19.1. The Morgan fingerprint density at radius 1 is 0.967 bits per heavy atom.